The second-order valence-corrected chi connectivity index (χ2v) is 8.28. The normalized spacial score (nSPS) is 11.9. The van der Waals surface area contributed by atoms with Crippen LogP contribution in [0.5, 0.6) is 5.75 Å². The van der Waals surface area contributed by atoms with E-state index in [2.05, 4.69) is 28.5 Å². The van der Waals surface area contributed by atoms with Gasteiger partial charge < -0.3 is 14.6 Å². The number of para-hydroxylation sites is 1. The molecule has 30 heavy (non-hydrogen) atoms. The second-order valence-electron chi connectivity index (χ2n) is 6.93. The molecule has 1 atom stereocenters. The van der Waals surface area contributed by atoms with E-state index < -0.39 is 0 Å². The molecule has 0 saturated heterocycles. The fourth-order valence-electron chi connectivity index (χ4n) is 3.06. The van der Waals surface area contributed by atoms with Crippen LogP contribution in [0, 0.1) is 13.8 Å². The predicted octanol–water partition coefficient (Wildman–Crippen LogP) is 5.44. The maximum Gasteiger partial charge on any atom is 0.234 e. The third-order valence-electron chi connectivity index (χ3n) is 4.54. The van der Waals surface area contributed by atoms with Crippen LogP contribution in [0.2, 0.25) is 5.02 Å². The van der Waals surface area contributed by atoms with Gasteiger partial charge in [-0.15, -0.1) is 10.2 Å². The first kappa shape index (κ1) is 22.2. The zero-order chi connectivity index (χ0) is 21.7. The Bertz CT molecular complexity index is 1040. The van der Waals surface area contributed by atoms with E-state index in [4.69, 9.17) is 16.3 Å². The van der Waals surface area contributed by atoms with Crippen LogP contribution in [-0.2, 0) is 11.3 Å². The Hall–Kier alpha value is -2.51. The summed E-state index contributed by atoms with van der Waals surface area (Å²) in [5.74, 6) is 1.61. The minimum atomic E-state index is -0.273. The summed E-state index contributed by atoms with van der Waals surface area (Å²) in [4.78, 5) is 12.3. The Balaban J connectivity index is 1.66. The van der Waals surface area contributed by atoms with Crippen LogP contribution in [-0.4, -0.2) is 26.4 Å². The van der Waals surface area contributed by atoms with Gasteiger partial charge in [0.15, 0.2) is 17.1 Å². The zero-order valence-electron chi connectivity index (χ0n) is 17.5. The minimum Gasteiger partial charge on any atom is -0.482 e. The number of rotatable bonds is 8. The number of ether oxygens (including phenoxy) is 1. The molecule has 1 heterocycles. The molecule has 8 heteroatoms. The van der Waals surface area contributed by atoms with Gasteiger partial charge in [-0.05, 0) is 51.5 Å². The van der Waals surface area contributed by atoms with Gasteiger partial charge in [-0.1, -0.05) is 53.2 Å². The highest BCUT2D eigenvalue weighted by atomic mass is 35.5. The van der Waals surface area contributed by atoms with E-state index in [1.807, 2.05) is 49.6 Å². The van der Waals surface area contributed by atoms with E-state index in [0.29, 0.717) is 22.4 Å². The Labute approximate surface area is 186 Å². The fourth-order valence-corrected chi connectivity index (χ4v) is 4.05. The molecule has 1 amide bonds. The van der Waals surface area contributed by atoms with Crippen molar-refractivity contribution in [3.05, 3.63) is 64.4 Å². The van der Waals surface area contributed by atoms with Gasteiger partial charge in [0.25, 0.3) is 0 Å². The summed E-state index contributed by atoms with van der Waals surface area (Å²) in [5, 5.41) is 12.6. The molecule has 0 spiro atoms. The van der Waals surface area contributed by atoms with E-state index in [9.17, 15) is 4.79 Å². The zero-order valence-corrected chi connectivity index (χ0v) is 19.0. The standard InChI is InChI=1S/C22H25ClN4O2S/c1-5-27-21(16(4)29-19-11-10-14(2)12-15(19)3)25-26-22(27)30-13-20(28)24-18-9-7-6-8-17(18)23/h6-12,16H,5,13H2,1-4H3,(H,24,28). The fraction of sp³-hybridized carbons (Fsp3) is 0.318. The van der Waals surface area contributed by atoms with E-state index in [0.717, 1.165) is 17.1 Å². The Kier molecular flexibility index (Phi) is 7.39. The number of hydrogen-bond acceptors (Lipinski definition) is 5. The number of anilines is 1. The first-order valence-electron chi connectivity index (χ1n) is 9.73. The summed E-state index contributed by atoms with van der Waals surface area (Å²) >= 11 is 7.43. The monoisotopic (exact) mass is 444 g/mol. The van der Waals surface area contributed by atoms with Gasteiger partial charge in [-0.3, -0.25) is 4.79 Å². The van der Waals surface area contributed by atoms with E-state index >= 15 is 0 Å². The summed E-state index contributed by atoms with van der Waals surface area (Å²) < 4.78 is 8.11. The number of aromatic nitrogens is 3. The molecule has 158 valence electrons. The molecule has 0 fully saturated rings. The molecule has 0 aliphatic heterocycles. The molecule has 3 rings (SSSR count). The molecule has 3 aromatic rings. The third kappa shape index (κ3) is 5.34. The first-order chi connectivity index (χ1) is 14.4. The lowest BCUT2D eigenvalue weighted by atomic mass is 10.1. The number of carbonyl (C=O) groups excluding carboxylic acids is 1. The van der Waals surface area contributed by atoms with Crippen LogP contribution in [0.15, 0.2) is 47.6 Å². The Morgan fingerprint density at radius 1 is 1.23 bits per heavy atom. The number of nitrogens with zero attached hydrogens (tertiary/aromatic N) is 3. The average Bonchev–Trinajstić information content (AvgIpc) is 3.13. The molecule has 2 aromatic carbocycles. The van der Waals surface area contributed by atoms with Crippen molar-refractivity contribution in [1.29, 1.82) is 0 Å². The second kappa shape index (κ2) is 10.00. The van der Waals surface area contributed by atoms with E-state index in [1.54, 1.807) is 12.1 Å². The lowest BCUT2D eigenvalue weighted by Gasteiger charge is -2.17. The molecule has 0 bridgehead atoms. The molecular formula is C22H25ClN4O2S. The van der Waals surface area contributed by atoms with Crippen molar-refractivity contribution in [3.8, 4) is 5.75 Å². The molecule has 0 aliphatic rings. The van der Waals surface area contributed by atoms with Crippen molar-refractivity contribution < 1.29 is 9.53 Å². The maximum absolute atomic E-state index is 12.3. The number of nitrogens with one attached hydrogen (secondary N) is 1. The highest BCUT2D eigenvalue weighted by molar-refractivity contribution is 7.99. The van der Waals surface area contributed by atoms with Crippen molar-refractivity contribution in [1.82, 2.24) is 14.8 Å². The summed E-state index contributed by atoms with van der Waals surface area (Å²) in [6, 6.07) is 13.2. The number of halogens is 1. The highest BCUT2D eigenvalue weighted by Gasteiger charge is 2.20. The smallest absolute Gasteiger partial charge is 0.234 e. The van der Waals surface area contributed by atoms with Gasteiger partial charge in [0, 0.05) is 6.54 Å². The van der Waals surface area contributed by atoms with Gasteiger partial charge in [0.1, 0.15) is 5.75 Å². The van der Waals surface area contributed by atoms with Gasteiger partial charge in [0.2, 0.25) is 5.91 Å². The first-order valence-corrected chi connectivity index (χ1v) is 11.1. The molecule has 1 aromatic heterocycles. The summed E-state index contributed by atoms with van der Waals surface area (Å²) in [6.45, 7) is 8.73. The predicted molar refractivity (Wildman–Crippen MR) is 121 cm³/mol. The average molecular weight is 445 g/mol. The molecule has 1 unspecified atom stereocenters. The van der Waals surface area contributed by atoms with Crippen molar-refractivity contribution in [2.45, 2.75) is 45.5 Å². The highest BCUT2D eigenvalue weighted by Crippen LogP contribution is 2.27. The van der Waals surface area contributed by atoms with Crippen LogP contribution in [0.25, 0.3) is 0 Å². The largest absolute Gasteiger partial charge is 0.482 e. The number of benzene rings is 2. The van der Waals surface area contributed by atoms with E-state index in [1.165, 1.54) is 17.3 Å². The minimum absolute atomic E-state index is 0.153. The topological polar surface area (TPSA) is 69.0 Å². The van der Waals surface area contributed by atoms with Crippen molar-refractivity contribution >= 4 is 35.0 Å². The summed E-state index contributed by atoms with van der Waals surface area (Å²) in [7, 11) is 0. The molecule has 0 aliphatic carbocycles. The lowest BCUT2D eigenvalue weighted by molar-refractivity contribution is -0.113. The SMILES string of the molecule is CCn1c(SCC(=O)Nc2ccccc2Cl)nnc1C(C)Oc1ccc(C)cc1C. The van der Waals surface area contributed by atoms with Crippen LogP contribution in [0.3, 0.4) is 0 Å². The number of amides is 1. The summed E-state index contributed by atoms with van der Waals surface area (Å²) in [5.41, 5.74) is 2.87. The van der Waals surface area contributed by atoms with Crippen LogP contribution in [0.1, 0.15) is 36.9 Å². The molecule has 6 nitrogen and oxygen atoms in total. The van der Waals surface area contributed by atoms with Gasteiger partial charge >= 0.3 is 0 Å². The molecule has 1 N–H and O–H groups in total. The van der Waals surface area contributed by atoms with Crippen LogP contribution >= 0.6 is 23.4 Å². The van der Waals surface area contributed by atoms with Crippen molar-refractivity contribution in [2.75, 3.05) is 11.1 Å². The van der Waals surface area contributed by atoms with Crippen molar-refractivity contribution in [3.63, 3.8) is 0 Å². The number of hydrogen-bond donors (Lipinski definition) is 1. The number of aryl methyl sites for hydroxylation is 2. The van der Waals surface area contributed by atoms with Crippen molar-refractivity contribution in [2.24, 2.45) is 0 Å². The Morgan fingerprint density at radius 2 is 2.00 bits per heavy atom. The lowest BCUT2D eigenvalue weighted by Crippen LogP contribution is -2.15. The summed E-state index contributed by atoms with van der Waals surface area (Å²) in [6.07, 6.45) is -0.273. The van der Waals surface area contributed by atoms with Gasteiger partial charge in [0.05, 0.1) is 16.5 Å². The molecular weight excluding hydrogens is 420 g/mol. The molecule has 0 saturated carbocycles. The molecule has 0 radical (unpaired) electrons. The van der Waals surface area contributed by atoms with Gasteiger partial charge in [-0.2, -0.15) is 0 Å². The van der Waals surface area contributed by atoms with E-state index in [-0.39, 0.29) is 17.8 Å². The van der Waals surface area contributed by atoms with Crippen LogP contribution < -0.4 is 10.1 Å². The quantitative estimate of drug-likeness (QED) is 0.468. The van der Waals surface area contributed by atoms with Crippen LogP contribution in [0.4, 0.5) is 5.69 Å². The Morgan fingerprint density at radius 3 is 2.70 bits per heavy atom. The third-order valence-corrected chi connectivity index (χ3v) is 5.84. The maximum atomic E-state index is 12.3. The van der Waals surface area contributed by atoms with Gasteiger partial charge in [-0.25, -0.2) is 0 Å². The number of carbonyl (C=O) groups is 1. The number of thioether (sulfide) groups is 1.